The van der Waals surface area contributed by atoms with E-state index in [2.05, 4.69) is 10.5 Å². The summed E-state index contributed by atoms with van der Waals surface area (Å²) in [6.07, 6.45) is 0.462. The number of rotatable bonds is 5. The van der Waals surface area contributed by atoms with E-state index in [0.717, 1.165) is 5.56 Å². The Labute approximate surface area is 117 Å². The minimum atomic E-state index is -0.633. The molecule has 1 rings (SSSR count). The van der Waals surface area contributed by atoms with Crippen LogP contribution >= 0.6 is 11.6 Å². The van der Waals surface area contributed by atoms with Gasteiger partial charge in [-0.3, -0.25) is 4.79 Å². The second kappa shape index (κ2) is 6.99. The van der Waals surface area contributed by atoms with Crippen LogP contribution in [-0.4, -0.2) is 17.0 Å². The maximum absolute atomic E-state index is 12.0. The average molecular weight is 284 g/mol. The molecule has 0 aliphatic heterocycles. The van der Waals surface area contributed by atoms with Gasteiger partial charge in [0.25, 0.3) is 0 Å². The van der Waals surface area contributed by atoms with Gasteiger partial charge in [-0.05, 0) is 31.0 Å². The van der Waals surface area contributed by atoms with Gasteiger partial charge in [0.05, 0.1) is 12.0 Å². The summed E-state index contributed by atoms with van der Waals surface area (Å²) >= 11 is 5.90. The number of halogens is 1. The average Bonchev–Trinajstić information content (AvgIpc) is 2.39. The lowest BCUT2D eigenvalue weighted by Crippen LogP contribution is -2.39. The van der Waals surface area contributed by atoms with Crippen LogP contribution in [0.5, 0.6) is 0 Å². The zero-order chi connectivity index (χ0) is 14.4. The van der Waals surface area contributed by atoms with E-state index in [0.29, 0.717) is 11.4 Å². The smallest absolute Gasteiger partial charge is 0.231 e. The van der Waals surface area contributed by atoms with E-state index in [1.54, 1.807) is 19.1 Å². The Bertz CT molecular complexity index is 477. The highest BCUT2D eigenvalue weighted by molar-refractivity contribution is 6.30. The molecule has 0 saturated heterocycles. The summed E-state index contributed by atoms with van der Waals surface area (Å²) in [7, 11) is 0. The number of hydrogen-bond acceptors (Lipinski definition) is 3. The standard InChI is InChI=1S/C13H18ClN3O2/c1-3-11(12(15)17-19)13(18)16-8(2)9-5-4-6-10(14)7-9/h4-8,11,19H,3H2,1-2H3,(H2,15,17)(H,16,18). The quantitative estimate of drug-likeness (QED) is 0.335. The largest absolute Gasteiger partial charge is 0.409 e. The molecule has 1 aromatic carbocycles. The van der Waals surface area contributed by atoms with Gasteiger partial charge in [0.15, 0.2) is 5.84 Å². The fourth-order valence-electron chi connectivity index (χ4n) is 1.77. The van der Waals surface area contributed by atoms with Gasteiger partial charge in [-0.15, -0.1) is 0 Å². The molecule has 0 bridgehead atoms. The number of oxime groups is 1. The molecule has 4 N–H and O–H groups in total. The first-order chi connectivity index (χ1) is 8.99. The van der Waals surface area contributed by atoms with Crippen molar-refractivity contribution in [3.05, 3.63) is 34.9 Å². The van der Waals surface area contributed by atoms with Crippen molar-refractivity contribution in [3.8, 4) is 0 Å². The summed E-state index contributed by atoms with van der Waals surface area (Å²) in [4.78, 5) is 12.0. The van der Waals surface area contributed by atoms with E-state index in [1.807, 2.05) is 19.1 Å². The fraction of sp³-hybridized carbons (Fsp3) is 0.385. The SMILES string of the molecule is CCC(C(=O)NC(C)c1cccc(Cl)c1)C(N)=NO. The molecule has 6 heteroatoms. The number of hydrogen-bond donors (Lipinski definition) is 3. The summed E-state index contributed by atoms with van der Waals surface area (Å²) in [5.41, 5.74) is 6.38. The Kier molecular flexibility index (Phi) is 5.63. The fourth-order valence-corrected chi connectivity index (χ4v) is 1.97. The molecule has 0 spiro atoms. The minimum absolute atomic E-state index is 0.0849. The Morgan fingerprint density at radius 2 is 2.26 bits per heavy atom. The van der Waals surface area contributed by atoms with Gasteiger partial charge in [-0.25, -0.2) is 0 Å². The number of carbonyl (C=O) groups is 1. The Morgan fingerprint density at radius 3 is 2.79 bits per heavy atom. The molecule has 0 aliphatic carbocycles. The summed E-state index contributed by atoms with van der Waals surface area (Å²) in [5, 5.41) is 15.0. The Balaban J connectivity index is 2.76. The summed E-state index contributed by atoms with van der Waals surface area (Å²) in [6.45, 7) is 3.65. The lowest BCUT2D eigenvalue weighted by atomic mass is 10.0. The third kappa shape index (κ3) is 4.13. The van der Waals surface area contributed by atoms with E-state index in [4.69, 9.17) is 22.5 Å². The molecule has 5 nitrogen and oxygen atoms in total. The molecular formula is C13H18ClN3O2. The van der Waals surface area contributed by atoms with Crippen LogP contribution < -0.4 is 11.1 Å². The molecule has 0 saturated carbocycles. The topological polar surface area (TPSA) is 87.7 Å². The first-order valence-electron chi connectivity index (χ1n) is 6.02. The number of amidine groups is 1. The van der Waals surface area contributed by atoms with Crippen LogP contribution in [0.25, 0.3) is 0 Å². The van der Waals surface area contributed by atoms with Gasteiger partial charge >= 0.3 is 0 Å². The van der Waals surface area contributed by atoms with E-state index >= 15 is 0 Å². The molecule has 0 radical (unpaired) electrons. The molecule has 0 fully saturated rings. The molecule has 1 aromatic rings. The molecule has 0 aromatic heterocycles. The van der Waals surface area contributed by atoms with Gasteiger partial charge in [0.1, 0.15) is 0 Å². The van der Waals surface area contributed by atoms with Crippen molar-refractivity contribution < 1.29 is 10.0 Å². The van der Waals surface area contributed by atoms with Crippen LogP contribution in [0.1, 0.15) is 31.9 Å². The first kappa shape index (κ1) is 15.3. The van der Waals surface area contributed by atoms with Gasteiger partial charge in [-0.2, -0.15) is 0 Å². The first-order valence-corrected chi connectivity index (χ1v) is 6.40. The summed E-state index contributed by atoms with van der Waals surface area (Å²) < 4.78 is 0. The van der Waals surface area contributed by atoms with Crippen molar-refractivity contribution >= 4 is 23.3 Å². The van der Waals surface area contributed by atoms with Gasteiger partial charge in [-0.1, -0.05) is 35.8 Å². The molecule has 104 valence electrons. The molecule has 1 amide bonds. The zero-order valence-corrected chi connectivity index (χ0v) is 11.7. The van der Waals surface area contributed by atoms with Crippen molar-refractivity contribution in [2.45, 2.75) is 26.3 Å². The van der Waals surface area contributed by atoms with E-state index in [1.165, 1.54) is 0 Å². The Morgan fingerprint density at radius 1 is 1.58 bits per heavy atom. The third-order valence-electron chi connectivity index (χ3n) is 2.90. The number of nitrogens with zero attached hydrogens (tertiary/aromatic N) is 1. The predicted molar refractivity (Wildman–Crippen MR) is 75.2 cm³/mol. The van der Waals surface area contributed by atoms with Crippen molar-refractivity contribution in [1.29, 1.82) is 0 Å². The Hall–Kier alpha value is -1.75. The van der Waals surface area contributed by atoms with Gasteiger partial charge in [0.2, 0.25) is 5.91 Å². The number of carbonyl (C=O) groups excluding carboxylic acids is 1. The molecule has 2 atom stereocenters. The second-order valence-electron chi connectivity index (χ2n) is 4.27. The van der Waals surface area contributed by atoms with E-state index in [-0.39, 0.29) is 17.8 Å². The van der Waals surface area contributed by atoms with Gasteiger partial charge in [0, 0.05) is 5.02 Å². The van der Waals surface area contributed by atoms with Crippen molar-refractivity contribution in [1.82, 2.24) is 5.32 Å². The highest BCUT2D eigenvalue weighted by atomic mass is 35.5. The summed E-state index contributed by atoms with van der Waals surface area (Å²) in [5.74, 6) is -0.991. The highest BCUT2D eigenvalue weighted by Crippen LogP contribution is 2.18. The van der Waals surface area contributed by atoms with E-state index < -0.39 is 5.92 Å². The maximum atomic E-state index is 12.0. The highest BCUT2D eigenvalue weighted by Gasteiger charge is 2.22. The lowest BCUT2D eigenvalue weighted by Gasteiger charge is -2.18. The maximum Gasteiger partial charge on any atom is 0.231 e. The number of nitrogens with one attached hydrogen (secondary N) is 1. The monoisotopic (exact) mass is 283 g/mol. The molecular weight excluding hydrogens is 266 g/mol. The normalized spacial score (nSPS) is 14.8. The summed E-state index contributed by atoms with van der Waals surface area (Å²) in [6, 6.07) is 7.05. The molecule has 2 unspecified atom stereocenters. The van der Waals surface area contributed by atoms with Crippen LogP contribution in [0, 0.1) is 5.92 Å². The van der Waals surface area contributed by atoms with Crippen LogP contribution in [0.4, 0.5) is 0 Å². The number of benzene rings is 1. The minimum Gasteiger partial charge on any atom is -0.409 e. The van der Waals surface area contributed by atoms with Crippen molar-refractivity contribution in [2.75, 3.05) is 0 Å². The molecule has 0 heterocycles. The van der Waals surface area contributed by atoms with E-state index in [9.17, 15) is 4.79 Å². The van der Waals surface area contributed by atoms with Gasteiger partial charge < -0.3 is 16.3 Å². The van der Waals surface area contributed by atoms with Crippen LogP contribution in [0.3, 0.4) is 0 Å². The van der Waals surface area contributed by atoms with Crippen LogP contribution in [0.2, 0.25) is 5.02 Å². The van der Waals surface area contributed by atoms with Crippen molar-refractivity contribution in [2.24, 2.45) is 16.8 Å². The van der Waals surface area contributed by atoms with Crippen LogP contribution in [0.15, 0.2) is 29.4 Å². The zero-order valence-electron chi connectivity index (χ0n) is 10.9. The number of amides is 1. The molecule has 0 aliphatic rings. The lowest BCUT2D eigenvalue weighted by molar-refractivity contribution is -0.123. The van der Waals surface area contributed by atoms with Crippen LogP contribution in [-0.2, 0) is 4.79 Å². The predicted octanol–water partition coefficient (Wildman–Crippen LogP) is 2.29. The van der Waals surface area contributed by atoms with Crippen molar-refractivity contribution in [3.63, 3.8) is 0 Å². The third-order valence-corrected chi connectivity index (χ3v) is 3.14. The molecule has 19 heavy (non-hydrogen) atoms. The second-order valence-corrected chi connectivity index (χ2v) is 4.71. The number of nitrogens with two attached hydrogens (primary N) is 1.